The van der Waals surface area contributed by atoms with E-state index in [9.17, 15) is 0 Å². The Hall–Kier alpha value is -1.31. The Balaban J connectivity index is 2.43. The number of rotatable bonds is 7. The van der Waals surface area contributed by atoms with Gasteiger partial charge in [-0.25, -0.2) is 0 Å². The molecule has 2 aromatic carbocycles. The van der Waals surface area contributed by atoms with Gasteiger partial charge in [0.05, 0.1) is 3.57 Å². The first-order valence-corrected chi connectivity index (χ1v) is 7.47. The molecule has 5 heteroatoms. The highest BCUT2D eigenvalue weighted by Crippen LogP contribution is 2.38. The van der Waals surface area contributed by atoms with Crippen molar-refractivity contribution in [3.8, 4) is 22.6 Å². The molecule has 4 nitrogen and oxygen atoms in total. The van der Waals surface area contributed by atoms with Crippen molar-refractivity contribution in [3.05, 3.63) is 46.0 Å². The molecule has 0 fully saturated rings. The molecule has 0 atom stereocenters. The van der Waals surface area contributed by atoms with Gasteiger partial charge in [0.25, 0.3) is 0 Å². The number of benzene rings is 2. The second-order valence-electron chi connectivity index (χ2n) is 4.21. The molecule has 0 aliphatic heterocycles. The molecular weight excluding hydrogens is 383 g/mol. The summed E-state index contributed by atoms with van der Waals surface area (Å²) in [5.41, 5.74) is 1.92. The van der Waals surface area contributed by atoms with Gasteiger partial charge in [-0.15, -0.1) is 0 Å². The van der Waals surface area contributed by atoms with Gasteiger partial charge in [-0.05, 0) is 34.7 Å². The van der Waals surface area contributed by atoms with E-state index in [-0.39, 0.29) is 13.6 Å². The molecule has 2 aromatic rings. The molecule has 0 unspecified atom stereocenters. The minimum absolute atomic E-state index is 0.202. The minimum atomic E-state index is 0.202. The van der Waals surface area contributed by atoms with Crippen LogP contribution in [-0.2, 0) is 9.47 Å². The van der Waals surface area contributed by atoms with Crippen LogP contribution >= 0.6 is 22.6 Å². The molecule has 0 radical (unpaired) electrons. The molecule has 0 amide bonds. The second-order valence-corrected chi connectivity index (χ2v) is 5.38. The summed E-state index contributed by atoms with van der Waals surface area (Å²) in [5.74, 6) is 1.54. The van der Waals surface area contributed by atoms with Crippen molar-refractivity contribution in [2.75, 3.05) is 27.8 Å². The van der Waals surface area contributed by atoms with E-state index in [1.54, 1.807) is 14.2 Å². The summed E-state index contributed by atoms with van der Waals surface area (Å²) in [6.07, 6.45) is 0. The van der Waals surface area contributed by atoms with E-state index in [1.807, 2.05) is 42.5 Å². The fraction of sp³-hybridized carbons (Fsp3) is 0.250. The number of ether oxygens (including phenoxy) is 4. The Morgan fingerprint density at radius 3 is 2.24 bits per heavy atom. The van der Waals surface area contributed by atoms with Gasteiger partial charge in [0.1, 0.15) is 11.5 Å². The number of hydrogen-bond donors (Lipinski definition) is 0. The zero-order chi connectivity index (χ0) is 15.1. The van der Waals surface area contributed by atoms with Gasteiger partial charge in [0.15, 0.2) is 13.6 Å². The van der Waals surface area contributed by atoms with E-state index in [0.717, 1.165) is 26.2 Å². The van der Waals surface area contributed by atoms with Crippen LogP contribution in [0.4, 0.5) is 0 Å². The van der Waals surface area contributed by atoms with Crippen LogP contribution in [0.1, 0.15) is 0 Å². The van der Waals surface area contributed by atoms with E-state index >= 15 is 0 Å². The van der Waals surface area contributed by atoms with E-state index in [1.165, 1.54) is 0 Å². The predicted octanol–water partition coefficient (Wildman–Crippen LogP) is 3.92. The first-order chi connectivity index (χ1) is 10.3. The van der Waals surface area contributed by atoms with E-state index < -0.39 is 0 Å². The quantitative estimate of drug-likeness (QED) is 0.522. The maximum absolute atomic E-state index is 5.71. The van der Waals surface area contributed by atoms with Crippen molar-refractivity contribution < 1.29 is 18.9 Å². The van der Waals surface area contributed by atoms with Gasteiger partial charge in [-0.2, -0.15) is 0 Å². The maximum Gasteiger partial charge on any atom is 0.188 e. The van der Waals surface area contributed by atoms with E-state index in [4.69, 9.17) is 18.9 Å². The first kappa shape index (κ1) is 16.1. The summed E-state index contributed by atoms with van der Waals surface area (Å²) in [6.45, 7) is 0.406. The molecule has 0 N–H and O–H groups in total. The second kappa shape index (κ2) is 8.21. The third kappa shape index (κ3) is 4.09. The van der Waals surface area contributed by atoms with Crippen LogP contribution in [0.25, 0.3) is 11.1 Å². The zero-order valence-electron chi connectivity index (χ0n) is 12.0. The average Bonchev–Trinajstić information content (AvgIpc) is 2.52. The average molecular weight is 400 g/mol. The molecule has 21 heavy (non-hydrogen) atoms. The summed E-state index contributed by atoms with van der Waals surface area (Å²) in [7, 11) is 3.20. The molecule has 112 valence electrons. The Kier molecular flexibility index (Phi) is 6.28. The topological polar surface area (TPSA) is 36.9 Å². The Morgan fingerprint density at radius 1 is 0.810 bits per heavy atom. The van der Waals surface area contributed by atoms with Gasteiger partial charge < -0.3 is 18.9 Å². The van der Waals surface area contributed by atoms with Crippen molar-refractivity contribution >= 4 is 22.6 Å². The highest BCUT2D eigenvalue weighted by atomic mass is 127. The largest absolute Gasteiger partial charge is 0.467 e. The van der Waals surface area contributed by atoms with Crippen LogP contribution < -0.4 is 9.47 Å². The summed E-state index contributed by atoms with van der Waals surface area (Å²) < 4.78 is 22.4. The van der Waals surface area contributed by atoms with Gasteiger partial charge in [0.2, 0.25) is 0 Å². The highest BCUT2D eigenvalue weighted by Gasteiger charge is 2.14. The third-order valence-corrected chi connectivity index (χ3v) is 3.65. The van der Waals surface area contributed by atoms with Crippen molar-refractivity contribution in [3.63, 3.8) is 0 Å². The van der Waals surface area contributed by atoms with Gasteiger partial charge >= 0.3 is 0 Å². The molecule has 0 saturated carbocycles. The minimum Gasteiger partial charge on any atom is -0.467 e. The number of para-hydroxylation sites is 2. The van der Waals surface area contributed by atoms with Crippen LogP contribution in [0.2, 0.25) is 0 Å². The summed E-state index contributed by atoms with van der Waals surface area (Å²) >= 11 is 2.25. The smallest absolute Gasteiger partial charge is 0.188 e. The maximum atomic E-state index is 5.71. The lowest BCUT2D eigenvalue weighted by atomic mass is 10.0. The lowest BCUT2D eigenvalue weighted by Crippen LogP contribution is -2.03. The van der Waals surface area contributed by atoms with E-state index in [2.05, 4.69) is 22.6 Å². The lowest BCUT2D eigenvalue weighted by Gasteiger charge is -2.15. The molecule has 2 rings (SSSR count). The summed E-state index contributed by atoms with van der Waals surface area (Å²) in [4.78, 5) is 0. The normalized spacial score (nSPS) is 10.4. The van der Waals surface area contributed by atoms with Gasteiger partial charge in [0, 0.05) is 25.3 Å². The van der Waals surface area contributed by atoms with E-state index in [0.29, 0.717) is 0 Å². The fourth-order valence-electron chi connectivity index (χ4n) is 1.92. The molecule has 0 aliphatic rings. The summed E-state index contributed by atoms with van der Waals surface area (Å²) in [5, 5.41) is 0. The Labute approximate surface area is 138 Å². The molecule has 0 saturated heterocycles. The first-order valence-electron chi connectivity index (χ1n) is 6.39. The predicted molar refractivity (Wildman–Crippen MR) is 89.6 cm³/mol. The fourth-order valence-corrected chi connectivity index (χ4v) is 2.58. The number of methoxy groups -OCH3 is 2. The Bertz CT molecular complexity index is 586. The zero-order valence-corrected chi connectivity index (χ0v) is 14.1. The number of hydrogen-bond acceptors (Lipinski definition) is 4. The van der Waals surface area contributed by atoms with Crippen LogP contribution in [0, 0.1) is 3.57 Å². The lowest BCUT2D eigenvalue weighted by molar-refractivity contribution is 0.0497. The number of halogens is 1. The Morgan fingerprint density at radius 2 is 1.48 bits per heavy atom. The SMILES string of the molecule is COCOc1ccccc1-c1cccc(I)c1OCOC. The van der Waals surface area contributed by atoms with Crippen molar-refractivity contribution in [2.24, 2.45) is 0 Å². The molecule has 0 aliphatic carbocycles. The van der Waals surface area contributed by atoms with Crippen LogP contribution in [0.3, 0.4) is 0 Å². The van der Waals surface area contributed by atoms with Crippen LogP contribution in [0.5, 0.6) is 11.5 Å². The molecular formula is C16H17IO4. The summed E-state index contributed by atoms with van der Waals surface area (Å²) in [6, 6.07) is 13.8. The van der Waals surface area contributed by atoms with Gasteiger partial charge in [-0.1, -0.05) is 30.3 Å². The molecule has 0 spiro atoms. The van der Waals surface area contributed by atoms with Gasteiger partial charge in [-0.3, -0.25) is 0 Å². The van der Waals surface area contributed by atoms with Crippen molar-refractivity contribution in [1.29, 1.82) is 0 Å². The van der Waals surface area contributed by atoms with Crippen LogP contribution in [-0.4, -0.2) is 27.8 Å². The standard InChI is InChI=1S/C16H17IO4/c1-18-10-20-15-9-4-3-6-12(15)13-7-5-8-14(17)16(13)21-11-19-2/h3-9H,10-11H2,1-2H3. The molecule has 0 bridgehead atoms. The van der Waals surface area contributed by atoms with Crippen LogP contribution in [0.15, 0.2) is 42.5 Å². The van der Waals surface area contributed by atoms with Crippen molar-refractivity contribution in [2.45, 2.75) is 0 Å². The highest BCUT2D eigenvalue weighted by molar-refractivity contribution is 14.1. The van der Waals surface area contributed by atoms with Crippen molar-refractivity contribution in [1.82, 2.24) is 0 Å². The monoisotopic (exact) mass is 400 g/mol. The molecule has 0 aromatic heterocycles. The molecule has 0 heterocycles. The third-order valence-electron chi connectivity index (χ3n) is 2.80.